The molecule has 2 saturated carbocycles. The standard InChI is InChI=1S/C21H28FO2.Y/c1-15-2-4-16(5-3-15)14-17-6-8-18(9-7-17)21(23)24-20-12-10-19(22)11-13-20;/h10,12-13,15-18H,2-9,14H2,1H3;/q-1;. The van der Waals surface area contributed by atoms with Gasteiger partial charge in [0.25, 0.3) is 0 Å². The summed E-state index contributed by atoms with van der Waals surface area (Å²) in [5, 5.41) is 0. The van der Waals surface area contributed by atoms with Gasteiger partial charge in [-0.1, -0.05) is 32.6 Å². The summed E-state index contributed by atoms with van der Waals surface area (Å²) in [5.41, 5.74) is 0. The third-order valence-electron chi connectivity index (χ3n) is 5.95. The first-order valence-corrected chi connectivity index (χ1v) is 9.49. The second-order valence-electron chi connectivity index (χ2n) is 7.87. The monoisotopic (exact) mass is 420 g/mol. The maximum atomic E-state index is 12.8. The minimum absolute atomic E-state index is 0. The molecule has 0 bridgehead atoms. The van der Waals surface area contributed by atoms with Gasteiger partial charge in [0.15, 0.2) is 0 Å². The third-order valence-corrected chi connectivity index (χ3v) is 5.95. The van der Waals surface area contributed by atoms with E-state index in [2.05, 4.69) is 13.0 Å². The molecule has 0 spiro atoms. The van der Waals surface area contributed by atoms with E-state index in [9.17, 15) is 9.18 Å². The molecular weight excluding hydrogens is 392 g/mol. The summed E-state index contributed by atoms with van der Waals surface area (Å²) in [7, 11) is 0. The first kappa shape index (κ1) is 21.0. The van der Waals surface area contributed by atoms with Crippen molar-refractivity contribution in [3.8, 4) is 5.75 Å². The molecule has 4 heteroatoms. The molecule has 2 nitrogen and oxygen atoms in total. The van der Waals surface area contributed by atoms with Crippen LogP contribution in [0.3, 0.4) is 0 Å². The van der Waals surface area contributed by atoms with Crippen molar-refractivity contribution in [2.75, 3.05) is 0 Å². The number of esters is 1. The fourth-order valence-corrected chi connectivity index (χ4v) is 4.32. The second kappa shape index (κ2) is 10.2. The van der Waals surface area contributed by atoms with E-state index in [0.29, 0.717) is 5.75 Å². The van der Waals surface area contributed by atoms with Crippen LogP contribution in [0.15, 0.2) is 18.2 Å². The molecule has 0 amide bonds. The summed E-state index contributed by atoms with van der Waals surface area (Å²) in [6.07, 6.45) is 11.1. The Balaban J connectivity index is 0.00000225. The van der Waals surface area contributed by atoms with Crippen molar-refractivity contribution in [3.05, 3.63) is 30.1 Å². The molecular formula is C21H28FO2Y-. The quantitative estimate of drug-likeness (QED) is 0.363. The van der Waals surface area contributed by atoms with E-state index in [1.165, 1.54) is 50.3 Å². The average Bonchev–Trinajstić information content (AvgIpc) is 2.59. The fraction of sp³-hybridized carbons (Fsp3) is 0.667. The fourth-order valence-electron chi connectivity index (χ4n) is 4.32. The molecule has 1 radical (unpaired) electrons. The van der Waals surface area contributed by atoms with Crippen molar-refractivity contribution in [1.82, 2.24) is 0 Å². The minimum atomic E-state index is -0.438. The van der Waals surface area contributed by atoms with Gasteiger partial charge in [-0.25, -0.2) is 4.39 Å². The van der Waals surface area contributed by atoms with Gasteiger partial charge in [0, 0.05) is 44.3 Å². The Morgan fingerprint density at radius 2 is 1.68 bits per heavy atom. The van der Waals surface area contributed by atoms with E-state index < -0.39 is 5.82 Å². The maximum absolute atomic E-state index is 12.8. The van der Waals surface area contributed by atoms with Gasteiger partial charge in [-0.05, 0) is 49.9 Å². The van der Waals surface area contributed by atoms with Crippen molar-refractivity contribution >= 4 is 5.97 Å². The molecule has 0 aromatic heterocycles. The molecule has 0 aliphatic heterocycles. The SMILES string of the molecule is CC1CCC(CC2CCC(C(=O)Oc3c[c-]c(F)cc3)CC2)CC1.[Y]. The van der Waals surface area contributed by atoms with Crippen molar-refractivity contribution in [2.24, 2.45) is 23.7 Å². The van der Waals surface area contributed by atoms with E-state index in [1.54, 1.807) is 0 Å². The van der Waals surface area contributed by atoms with E-state index >= 15 is 0 Å². The largest absolute Gasteiger partial charge is 0.490 e. The smallest absolute Gasteiger partial charge is 0.302 e. The van der Waals surface area contributed by atoms with Crippen LogP contribution in [0.2, 0.25) is 0 Å². The van der Waals surface area contributed by atoms with Crippen LogP contribution >= 0.6 is 0 Å². The van der Waals surface area contributed by atoms with Gasteiger partial charge in [-0.15, -0.1) is 24.3 Å². The molecule has 2 fully saturated rings. The number of benzene rings is 1. The molecule has 1 aromatic rings. The third kappa shape index (κ3) is 6.43. The summed E-state index contributed by atoms with van der Waals surface area (Å²) in [4.78, 5) is 12.3. The Morgan fingerprint density at radius 3 is 2.24 bits per heavy atom. The zero-order chi connectivity index (χ0) is 16.9. The van der Waals surface area contributed by atoms with Gasteiger partial charge in [0.2, 0.25) is 0 Å². The molecule has 0 N–H and O–H groups in total. The van der Waals surface area contributed by atoms with Crippen LogP contribution in [0.1, 0.15) is 64.7 Å². The number of carbonyl (C=O) groups is 1. The number of ether oxygens (including phenoxy) is 1. The number of rotatable bonds is 4. The minimum Gasteiger partial charge on any atom is -0.490 e. The molecule has 1 aromatic carbocycles. The van der Waals surface area contributed by atoms with E-state index in [0.717, 1.165) is 43.4 Å². The predicted molar refractivity (Wildman–Crippen MR) is 92.1 cm³/mol. The van der Waals surface area contributed by atoms with Gasteiger partial charge in [-0.3, -0.25) is 4.79 Å². The molecule has 0 heterocycles. The van der Waals surface area contributed by atoms with E-state index in [4.69, 9.17) is 4.74 Å². The zero-order valence-corrected chi connectivity index (χ0v) is 18.0. The molecule has 135 valence electrons. The molecule has 2 aliphatic rings. The van der Waals surface area contributed by atoms with Crippen LogP contribution in [0.4, 0.5) is 4.39 Å². The van der Waals surface area contributed by atoms with Crippen molar-refractivity contribution in [1.29, 1.82) is 0 Å². The Hall–Kier alpha value is -0.276. The molecule has 0 unspecified atom stereocenters. The van der Waals surface area contributed by atoms with Gasteiger partial charge >= 0.3 is 5.97 Å². The number of hydrogen-bond donors (Lipinski definition) is 0. The average molecular weight is 420 g/mol. The van der Waals surface area contributed by atoms with Crippen molar-refractivity contribution in [2.45, 2.75) is 64.7 Å². The summed E-state index contributed by atoms with van der Waals surface area (Å²) < 4.78 is 18.2. The van der Waals surface area contributed by atoms with Crippen molar-refractivity contribution in [3.63, 3.8) is 0 Å². The summed E-state index contributed by atoms with van der Waals surface area (Å²) in [6.45, 7) is 2.37. The van der Waals surface area contributed by atoms with Crippen LogP contribution in [0, 0.1) is 35.6 Å². The molecule has 0 saturated heterocycles. The predicted octanol–water partition coefficient (Wildman–Crippen LogP) is 5.55. The Morgan fingerprint density at radius 1 is 1.08 bits per heavy atom. The summed E-state index contributed by atoms with van der Waals surface area (Å²) in [6, 6.07) is 6.57. The van der Waals surface area contributed by atoms with Crippen molar-refractivity contribution < 1.29 is 46.6 Å². The van der Waals surface area contributed by atoms with Gasteiger partial charge < -0.3 is 4.74 Å². The normalized spacial score (nSPS) is 29.5. The van der Waals surface area contributed by atoms with E-state index in [-0.39, 0.29) is 44.6 Å². The summed E-state index contributed by atoms with van der Waals surface area (Å²) in [5.74, 6) is 2.39. The Bertz CT molecular complexity index is 529. The molecule has 2 aliphatic carbocycles. The number of hydrogen-bond acceptors (Lipinski definition) is 2. The Labute approximate surface area is 176 Å². The molecule has 25 heavy (non-hydrogen) atoms. The van der Waals surface area contributed by atoms with Gasteiger partial charge in [0.1, 0.15) is 0 Å². The van der Waals surface area contributed by atoms with Crippen LogP contribution in [-0.4, -0.2) is 5.97 Å². The Kier molecular flexibility index (Phi) is 8.55. The van der Waals surface area contributed by atoms with Crippen LogP contribution in [0.25, 0.3) is 0 Å². The van der Waals surface area contributed by atoms with Crippen LogP contribution in [-0.2, 0) is 37.5 Å². The number of carbonyl (C=O) groups excluding carboxylic acids is 1. The summed E-state index contributed by atoms with van der Waals surface area (Å²) >= 11 is 0. The molecule has 3 rings (SSSR count). The van der Waals surface area contributed by atoms with E-state index in [1.807, 2.05) is 0 Å². The topological polar surface area (TPSA) is 26.3 Å². The second-order valence-corrected chi connectivity index (χ2v) is 7.87. The maximum Gasteiger partial charge on any atom is 0.302 e. The molecule has 0 atom stereocenters. The van der Waals surface area contributed by atoms with Crippen LogP contribution in [0.5, 0.6) is 5.75 Å². The zero-order valence-electron chi connectivity index (χ0n) is 15.2. The van der Waals surface area contributed by atoms with Gasteiger partial charge in [0.05, 0.1) is 5.92 Å². The first-order valence-electron chi connectivity index (χ1n) is 9.49. The van der Waals surface area contributed by atoms with Gasteiger partial charge in [-0.2, -0.15) is 0 Å². The first-order chi connectivity index (χ1) is 11.6. The number of halogens is 1. The van der Waals surface area contributed by atoms with Crippen LogP contribution < -0.4 is 4.74 Å².